The Bertz CT molecular complexity index is 1300. The van der Waals surface area contributed by atoms with Crippen molar-refractivity contribution < 1.29 is 55.1 Å². The smallest absolute Gasteiger partial charge is 0.196 e. The second kappa shape index (κ2) is 10.4. The first-order valence-corrected chi connectivity index (χ1v) is 17.8. The number of rotatable bonds is 6. The summed E-state index contributed by atoms with van der Waals surface area (Å²) in [4.78, 5) is 0. The third-order valence-electron chi connectivity index (χ3n) is 15.4. The molecule has 268 valence electrons. The molecule has 2 heterocycles. The van der Waals surface area contributed by atoms with E-state index in [-0.39, 0.29) is 40.1 Å². The van der Waals surface area contributed by atoms with Gasteiger partial charge in [0.1, 0.15) is 36.6 Å². The summed E-state index contributed by atoms with van der Waals surface area (Å²) in [5.74, 6) is -2.04. The lowest BCUT2D eigenvalue weighted by Crippen LogP contribution is -2.60. The topological polar surface area (TPSA) is 190 Å². The minimum Gasteiger partial charge on any atom is -0.394 e. The summed E-state index contributed by atoms with van der Waals surface area (Å²) in [6.45, 7) is 13.2. The number of hydrogen-bond acceptors (Lipinski definition) is 11. The summed E-state index contributed by atoms with van der Waals surface area (Å²) >= 11 is 0. The quantitative estimate of drug-likeness (QED) is 0.191. The molecule has 11 nitrogen and oxygen atoms in total. The second-order valence-corrected chi connectivity index (χ2v) is 18.2. The molecule has 0 aromatic heterocycles. The van der Waals surface area contributed by atoms with E-state index in [1.807, 2.05) is 0 Å². The van der Waals surface area contributed by atoms with E-state index in [0.29, 0.717) is 12.8 Å². The van der Waals surface area contributed by atoms with Gasteiger partial charge in [-0.2, -0.15) is 0 Å². The predicted molar refractivity (Wildman–Crippen MR) is 168 cm³/mol. The molecule has 47 heavy (non-hydrogen) atoms. The van der Waals surface area contributed by atoms with E-state index >= 15 is 0 Å². The second-order valence-electron chi connectivity index (χ2n) is 18.2. The van der Waals surface area contributed by atoms with Crippen LogP contribution in [0, 0.1) is 44.8 Å². The Morgan fingerprint density at radius 1 is 1.04 bits per heavy atom. The zero-order chi connectivity index (χ0) is 34.5. The molecule has 2 saturated heterocycles. The van der Waals surface area contributed by atoms with Gasteiger partial charge in [-0.3, -0.25) is 0 Å². The average molecular weight is 667 g/mol. The van der Waals surface area contributed by atoms with E-state index in [1.165, 1.54) is 19.4 Å². The van der Waals surface area contributed by atoms with Crippen molar-refractivity contribution in [2.45, 2.75) is 160 Å². The third kappa shape index (κ3) is 4.19. The zero-order valence-electron chi connectivity index (χ0n) is 29.0. The largest absolute Gasteiger partial charge is 0.394 e. The van der Waals surface area contributed by atoms with Crippen LogP contribution in [-0.4, -0.2) is 114 Å². The van der Waals surface area contributed by atoms with Gasteiger partial charge in [-0.05, 0) is 92.3 Å². The summed E-state index contributed by atoms with van der Waals surface area (Å²) < 4.78 is 18.5. The fourth-order valence-electron chi connectivity index (χ4n) is 12.9. The van der Waals surface area contributed by atoms with Crippen LogP contribution in [0.4, 0.5) is 0 Å². The summed E-state index contributed by atoms with van der Waals surface area (Å²) in [6.07, 6.45) is -1.91. The number of ether oxygens (including phenoxy) is 3. The summed E-state index contributed by atoms with van der Waals surface area (Å²) in [5.41, 5.74) is -1.87. The normalized spacial score (nSPS) is 55.9. The lowest BCUT2D eigenvalue weighted by Gasteiger charge is -2.60. The van der Waals surface area contributed by atoms with Crippen LogP contribution in [0.1, 0.15) is 93.4 Å². The van der Waals surface area contributed by atoms with Gasteiger partial charge >= 0.3 is 0 Å². The highest BCUT2D eigenvalue weighted by atomic mass is 16.7. The van der Waals surface area contributed by atoms with Gasteiger partial charge in [-0.1, -0.05) is 46.3 Å². The number of allylic oxidation sites excluding steroid dienone is 1. The Hall–Kier alpha value is -0.700. The van der Waals surface area contributed by atoms with Crippen LogP contribution in [0.3, 0.4) is 0 Å². The van der Waals surface area contributed by atoms with E-state index in [0.717, 1.165) is 32.1 Å². The summed E-state index contributed by atoms with van der Waals surface area (Å²) in [6, 6.07) is 0. The molecule has 0 bridgehead atoms. The fraction of sp³-hybridized carbons (Fsp3) is 0.944. The van der Waals surface area contributed by atoms with E-state index < -0.39 is 77.8 Å². The highest BCUT2D eigenvalue weighted by Crippen LogP contribution is 2.88. The molecule has 17 atom stereocenters. The van der Waals surface area contributed by atoms with Crippen LogP contribution in [0.5, 0.6) is 0 Å². The molecule has 0 radical (unpaired) electrons. The van der Waals surface area contributed by atoms with Gasteiger partial charge in [-0.25, -0.2) is 0 Å². The number of aliphatic hydroxyl groups excluding tert-OH is 6. The molecule has 7 aliphatic rings. The van der Waals surface area contributed by atoms with Gasteiger partial charge in [0.25, 0.3) is 0 Å². The van der Waals surface area contributed by atoms with Crippen LogP contribution in [0.25, 0.3) is 0 Å². The van der Waals surface area contributed by atoms with E-state index in [9.17, 15) is 40.9 Å². The first-order valence-electron chi connectivity index (χ1n) is 17.8. The first kappa shape index (κ1) is 34.7. The van der Waals surface area contributed by atoms with Gasteiger partial charge < -0.3 is 55.1 Å². The minimum absolute atomic E-state index is 0.00270. The Labute approximate surface area is 277 Å². The Balaban J connectivity index is 1.18. The molecular weight excluding hydrogens is 608 g/mol. The van der Waals surface area contributed by atoms with Gasteiger partial charge in [0.15, 0.2) is 12.1 Å². The standard InChI is InChI=1S/C36H58O11/c1-17-14-19(27(41)31(4,5)43)47-36(44)26(17)32(6)12-13-35-16-34(35)11-10-22(45-28-24(40)23(39)25(46-28)18(38)15-37)30(2,3)20(34)8-9-21(35)33(32,7)29(36)42/h9,17-20,22-29,37-44H,8,10-16H2,1-7H3/t17-,18+,19-,20-,22+,23-,24-,25+,26-,27-,28-,29-,32-,33-,34-,35+,36-/m1/s1. The molecule has 5 aliphatic carbocycles. The Kier molecular flexibility index (Phi) is 7.71. The van der Waals surface area contributed by atoms with Crippen molar-refractivity contribution in [2.24, 2.45) is 44.8 Å². The zero-order valence-corrected chi connectivity index (χ0v) is 29.0. The van der Waals surface area contributed by atoms with Crippen LogP contribution < -0.4 is 0 Å². The van der Waals surface area contributed by atoms with Crippen molar-refractivity contribution in [2.75, 3.05) is 6.61 Å². The molecule has 7 rings (SSSR count). The third-order valence-corrected chi connectivity index (χ3v) is 15.4. The monoisotopic (exact) mass is 666 g/mol. The Morgan fingerprint density at radius 3 is 2.36 bits per heavy atom. The van der Waals surface area contributed by atoms with Crippen LogP contribution in [-0.2, 0) is 14.2 Å². The van der Waals surface area contributed by atoms with Crippen molar-refractivity contribution >= 4 is 0 Å². The maximum absolute atomic E-state index is 12.4. The first-order chi connectivity index (χ1) is 21.7. The molecule has 0 amide bonds. The summed E-state index contributed by atoms with van der Waals surface area (Å²) in [7, 11) is 0. The van der Waals surface area contributed by atoms with Crippen molar-refractivity contribution in [1.29, 1.82) is 0 Å². The molecule has 0 unspecified atom stereocenters. The maximum atomic E-state index is 12.4. The highest BCUT2D eigenvalue weighted by Gasteiger charge is 2.85. The molecule has 4 saturated carbocycles. The van der Waals surface area contributed by atoms with Crippen LogP contribution in [0.15, 0.2) is 11.6 Å². The van der Waals surface area contributed by atoms with Crippen molar-refractivity contribution in [3.05, 3.63) is 11.6 Å². The van der Waals surface area contributed by atoms with E-state index in [4.69, 9.17) is 14.2 Å². The van der Waals surface area contributed by atoms with Crippen molar-refractivity contribution in [1.82, 2.24) is 0 Å². The lowest BCUT2D eigenvalue weighted by molar-refractivity contribution is -0.340. The molecule has 2 spiro atoms. The van der Waals surface area contributed by atoms with Gasteiger partial charge in [0.2, 0.25) is 0 Å². The van der Waals surface area contributed by atoms with Crippen LogP contribution >= 0.6 is 0 Å². The molecule has 0 aromatic rings. The van der Waals surface area contributed by atoms with Gasteiger partial charge in [0.05, 0.1) is 24.4 Å². The lowest BCUT2D eigenvalue weighted by atomic mass is 9.44. The molecular formula is C36H58O11. The number of aliphatic hydroxyl groups is 8. The molecule has 0 aromatic carbocycles. The molecule has 6 fully saturated rings. The van der Waals surface area contributed by atoms with Gasteiger partial charge in [0, 0.05) is 11.3 Å². The van der Waals surface area contributed by atoms with E-state index in [1.54, 1.807) is 0 Å². The fourth-order valence-corrected chi connectivity index (χ4v) is 12.9. The van der Waals surface area contributed by atoms with Crippen LogP contribution in [0.2, 0.25) is 0 Å². The van der Waals surface area contributed by atoms with Gasteiger partial charge in [-0.15, -0.1) is 0 Å². The highest BCUT2D eigenvalue weighted by molar-refractivity contribution is 5.47. The maximum Gasteiger partial charge on any atom is 0.196 e. The molecule has 2 aliphatic heterocycles. The van der Waals surface area contributed by atoms with Crippen molar-refractivity contribution in [3.63, 3.8) is 0 Å². The average Bonchev–Trinajstić information content (AvgIpc) is 3.54. The minimum atomic E-state index is -1.87. The summed E-state index contributed by atoms with van der Waals surface area (Å²) in [5, 5.41) is 87.0. The number of fused-ring (bicyclic) bond motifs is 4. The molecule has 11 heteroatoms. The SMILES string of the molecule is C[C@@H]1C[C@H]([C@@H](O)C(C)(C)O)O[C@]2(O)[C@H]1[C@@]1(C)CC[C@@]34C[C@@]35CC[C@H](O[C@@H]3O[C@@H]([C@@H](O)CO)[C@H](O)[C@H]3O)C(C)(C)[C@H]5CC=C4[C@]1(C)[C@H]2O. The van der Waals surface area contributed by atoms with Crippen molar-refractivity contribution in [3.8, 4) is 0 Å². The number of hydrogen-bond donors (Lipinski definition) is 8. The predicted octanol–water partition coefficient (Wildman–Crippen LogP) is 1.36. The van der Waals surface area contributed by atoms with E-state index in [2.05, 4.69) is 40.7 Å². The molecule has 8 N–H and O–H groups in total. The Morgan fingerprint density at radius 2 is 1.72 bits per heavy atom.